The second kappa shape index (κ2) is 6.37. The average Bonchev–Trinajstić information content (AvgIpc) is 2.98. The summed E-state index contributed by atoms with van der Waals surface area (Å²) in [4.78, 5) is 4.42. The summed E-state index contributed by atoms with van der Waals surface area (Å²) in [6.45, 7) is 0. The fraction of sp³-hybridized carbons (Fsp3) is 0.0667. The Morgan fingerprint density at radius 3 is 2.64 bits per heavy atom. The maximum atomic E-state index is 5.86. The van der Waals surface area contributed by atoms with Crippen LogP contribution in [0.25, 0.3) is 11.4 Å². The fourth-order valence-corrected chi connectivity index (χ4v) is 2.59. The second-order valence-electron chi connectivity index (χ2n) is 4.49. The summed E-state index contributed by atoms with van der Waals surface area (Å²) in [6, 6.07) is 13.0. The largest absolute Gasteiger partial charge is 0.496 e. The molecule has 22 heavy (non-hydrogen) atoms. The number of aromatic nitrogens is 3. The SMILES string of the molecule is COc1ccc(-c2nc(Nc3ccc(Cl)cc3)n[nH]2)cc1Br. The van der Waals surface area contributed by atoms with E-state index >= 15 is 0 Å². The maximum Gasteiger partial charge on any atom is 0.246 e. The summed E-state index contributed by atoms with van der Waals surface area (Å²) in [5.74, 6) is 1.92. The highest BCUT2D eigenvalue weighted by atomic mass is 79.9. The third-order valence-electron chi connectivity index (χ3n) is 3.01. The van der Waals surface area contributed by atoms with E-state index in [4.69, 9.17) is 16.3 Å². The summed E-state index contributed by atoms with van der Waals surface area (Å²) < 4.78 is 6.07. The number of nitrogens with zero attached hydrogens (tertiary/aromatic N) is 2. The van der Waals surface area contributed by atoms with Gasteiger partial charge in [0.05, 0.1) is 11.6 Å². The fourth-order valence-electron chi connectivity index (χ4n) is 1.92. The van der Waals surface area contributed by atoms with Crippen molar-refractivity contribution in [2.24, 2.45) is 0 Å². The van der Waals surface area contributed by atoms with Crippen molar-refractivity contribution in [3.63, 3.8) is 0 Å². The molecule has 112 valence electrons. The molecule has 0 fully saturated rings. The number of hydrogen-bond acceptors (Lipinski definition) is 4. The third kappa shape index (κ3) is 3.23. The number of anilines is 2. The molecule has 0 aliphatic rings. The molecule has 0 saturated heterocycles. The first-order chi connectivity index (χ1) is 10.7. The van der Waals surface area contributed by atoms with E-state index in [0.717, 1.165) is 21.5 Å². The highest BCUT2D eigenvalue weighted by Crippen LogP contribution is 2.29. The Labute approximate surface area is 140 Å². The lowest BCUT2D eigenvalue weighted by molar-refractivity contribution is 0.412. The minimum atomic E-state index is 0.490. The van der Waals surface area contributed by atoms with Gasteiger partial charge in [-0.3, -0.25) is 5.10 Å². The number of aromatic amines is 1. The van der Waals surface area contributed by atoms with E-state index in [0.29, 0.717) is 16.8 Å². The predicted octanol–water partition coefficient (Wildman–Crippen LogP) is 4.64. The van der Waals surface area contributed by atoms with Crippen molar-refractivity contribution in [1.82, 2.24) is 15.2 Å². The number of ether oxygens (including phenoxy) is 1. The Hall–Kier alpha value is -2.05. The van der Waals surface area contributed by atoms with Crippen molar-refractivity contribution in [2.45, 2.75) is 0 Å². The molecule has 3 rings (SSSR count). The van der Waals surface area contributed by atoms with Gasteiger partial charge in [0.25, 0.3) is 0 Å². The van der Waals surface area contributed by atoms with Crippen LogP contribution in [-0.4, -0.2) is 22.3 Å². The predicted molar refractivity (Wildman–Crippen MR) is 90.8 cm³/mol. The molecule has 0 saturated carbocycles. The van der Waals surface area contributed by atoms with E-state index in [1.54, 1.807) is 19.2 Å². The quantitative estimate of drug-likeness (QED) is 0.693. The molecule has 0 aliphatic heterocycles. The van der Waals surface area contributed by atoms with Crippen LogP contribution in [0.3, 0.4) is 0 Å². The van der Waals surface area contributed by atoms with Crippen LogP contribution < -0.4 is 10.1 Å². The molecule has 0 aliphatic carbocycles. The van der Waals surface area contributed by atoms with Crippen LogP contribution in [-0.2, 0) is 0 Å². The van der Waals surface area contributed by atoms with E-state index in [2.05, 4.69) is 36.4 Å². The molecule has 0 atom stereocenters. The van der Waals surface area contributed by atoms with Crippen LogP contribution >= 0.6 is 27.5 Å². The normalized spacial score (nSPS) is 10.5. The average molecular weight is 380 g/mol. The number of rotatable bonds is 4. The van der Waals surface area contributed by atoms with Crippen molar-refractivity contribution in [3.05, 3.63) is 52.0 Å². The number of halogens is 2. The van der Waals surface area contributed by atoms with Gasteiger partial charge in [-0.2, -0.15) is 4.98 Å². The molecule has 1 heterocycles. The molecule has 0 radical (unpaired) electrons. The van der Waals surface area contributed by atoms with Gasteiger partial charge in [0.1, 0.15) is 5.75 Å². The van der Waals surface area contributed by atoms with Crippen molar-refractivity contribution in [1.29, 1.82) is 0 Å². The summed E-state index contributed by atoms with van der Waals surface area (Å²) in [5, 5.41) is 10.9. The lowest BCUT2D eigenvalue weighted by Gasteiger charge is -2.04. The smallest absolute Gasteiger partial charge is 0.246 e. The Morgan fingerprint density at radius 2 is 1.95 bits per heavy atom. The zero-order chi connectivity index (χ0) is 15.5. The van der Waals surface area contributed by atoms with E-state index in [9.17, 15) is 0 Å². The minimum Gasteiger partial charge on any atom is -0.496 e. The molecule has 1 aromatic heterocycles. The summed E-state index contributed by atoms with van der Waals surface area (Å²) in [7, 11) is 1.63. The summed E-state index contributed by atoms with van der Waals surface area (Å²) in [5.41, 5.74) is 1.77. The molecular formula is C15H12BrClN4O. The third-order valence-corrected chi connectivity index (χ3v) is 3.88. The summed E-state index contributed by atoms with van der Waals surface area (Å²) in [6.07, 6.45) is 0. The van der Waals surface area contributed by atoms with Gasteiger partial charge in [0.2, 0.25) is 5.95 Å². The van der Waals surface area contributed by atoms with Crippen molar-refractivity contribution in [2.75, 3.05) is 12.4 Å². The molecule has 0 spiro atoms. The molecule has 0 unspecified atom stereocenters. The zero-order valence-corrected chi connectivity index (χ0v) is 13.9. The summed E-state index contributed by atoms with van der Waals surface area (Å²) >= 11 is 9.32. The molecule has 3 aromatic rings. The van der Waals surface area contributed by atoms with Gasteiger partial charge in [-0.05, 0) is 58.4 Å². The highest BCUT2D eigenvalue weighted by molar-refractivity contribution is 9.10. The first kappa shape index (κ1) is 14.9. The van der Waals surface area contributed by atoms with Crippen molar-refractivity contribution in [3.8, 4) is 17.1 Å². The first-order valence-electron chi connectivity index (χ1n) is 6.44. The molecule has 2 N–H and O–H groups in total. The number of benzene rings is 2. The van der Waals surface area contributed by atoms with Gasteiger partial charge >= 0.3 is 0 Å². The van der Waals surface area contributed by atoms with E-state index in [1.807, 2.05) is 30.3 Å². The number of nitrogens with one attached hydrogen (secondary N) is 2. The van der Waals surface area contributed by atoms with Crippen LogP contribution in [0.1, 0.15) is 0 Å². The topological polar surface area (TPSA) is 62.8 Å². The molecule has 7 heteroatoms. The zero-order valence-electron chi connectivity index (χ0n) is 11.6. The standard InChI is InChI=1S/C15H12BrClN4O/c1-22-13-7-2-9(8-12(13)16)14-19-15(21-20-14)18-11-5-3-10(17)4-6-11/h2-8H,1H3,(H2,18,19,20,21). The van der Waals surface area contributed by atoms with E-state index in [-0.39, 0.29) is 0 Å². The minimum absolute atomic E-state index is 0.490. The van der Waals surface area contributed by atoms with Gasteiger partial charge < -0.3 is 10.1 Å². The van der Waals surface area contributed by atoms with Crippen LogP contribution in [0.15, 0.2) is 46.9 Å². The van der Waals surface area contributed by atoms with Crippen LogP contribution in [0.5, 0.6) is 5.75 Å². The van der Waals surface area contributed by atoms with Gasteiger partial charge in [-0.25, -0.2) is 0 Å². The van der Waals surface area contributed by atoms with Gasteiger partial charge in [-0.1, -0.05) is 11.6 Å². The van der Waals surface area contributed by atoms with Crippen LogP contribution in [0, 0.1) is 0 Å². The van der Waals surface area contributed by atoms with Gasteiger partial charge in [0.15, 0.2) is 5.82 Å². The first-order valence-corrected chi connectivity index (χ1v) is 7.62. The molecule has 0 amide bonds. The van der Waals surface area contributed by atoms with Gasteiger partial charge in [0, 0.05) is 16.3 Å². The second-order valence-corrected chi connectivity index (χ2v) is 5.78. The lowest BCUT2D eigenvalue weighted by atomic mass is 10.2. The van der Waals surface area contributed by atoms with E-state index in [1.165, 1.54) is 0 Å². The van der Waals surface area contributed by atoms with Crippen molar-refractivity contribution < 1.29 is 4.74 Å². The number of hydrogen-bond donors (Lipinski definition) is 2. The highest BCUT2D eigenvalue weighted by Gasteiger charge is 2.08. The Bertz CT molecular complexity index is 788. The Morgan fingerprint density at radius 1 is 1.18 bits per heavy atom. The maximum absolute atomic E-state index is 5.86. The lowest BCUT2D eigenvalue weighted by Crippen LogP contribution is -1.91. The number of H-pyrrole nitrogens is 1. The number of methoxy groups -OCH3 is 1. The molecular weight excluding hydrogens is 368 g/mol. The van der Waals surface area contributed by atoms with Crippen molar-refractivity contribution >= 4 is 39.2 Å². The van der Waals surface area contributed by atoms with Crippen LogP contribution in [0.4, 0.5) is 11.6 Å². The van der Waals surface area contributed by atoms with Crippen LogP contribution in [0.2, 0.25) is 5.02 Å². The molecule has 2 aromatic carbocycles. The Kier molecular flexibility index (Phi) is 4.31. The molecule has 5 nitrogen and oxygen atoms in total. The molecule has 0 bridgehead atoms. The van der Waals surface area contributed by atoms with E-state index < -0.39 is 0 Å². The Balaban J connectivity index is 1.81. The monoisotopic (exact) mass is 378 g/mol. The van der Waals surface area contributed by atoms with Gasteiger partial charge in [-0.15, -0.1) is 5.10 Å².